The van der Waals surface area contributed by atoms with Crippen LogP contribution in [0.5, 0.6) is 0 Å². The maximum Gasteiger partial charge on any atom is 0.265 e. The van der Waals surface area contributed by atoms with Crippen molar-refractivity contribution in [1.29, 1.82) is 0 Å². The summed E-state index contributed by atoms with van der Waals surface area (Å²) in [6.07, 6.45) is 3.36. The van der Waals surface area contributed by atoms with Crippen LogP contribution in [-0.4, -0.2) is 20.2 Å². The van der Waals surface area contributed by atoms with Crippen LogP contribution in [0.25, 0.3) is 11.4 Å². The number of hydrogen-bond donors (Lipinski definition) is 2. The van der Waals surface area contributed by atoms with Gasteiger partial charge < -0.3 is 11.1 Å². The van der Waals surface area contributed by atoms with Crippen LogP contribution < -0.4 is 11.1 Å². The molecule has 0 saturated carbocycles. The molecule has 116 valence electrons. The normalized spacial score (nSPS) is 11.9. The maximum absolute atomic E-state index is 12.4. The molecule has 0 saturated heterocycles. The summed E-state index contributed by atoms with van der Waals surface area (Å²) in [5.74, 6) is -0.264. The van der Waals surface area contributed by atoms with Crippen LogP contribution in [0.15, 0.2) is 48.8 Å². The van der Waals surface area contributed by atoms with E-state index in [1.54, 1.807) is 12.4 Å². The largest absolute Gasteiger partial charge is 0.396 e. The molecule has 0 aliphatic carbocycles. The summed E-state index contributed by atoms with van der Waals surface area (Å²) in [5, 5.41) is 2.89. The summed E-state index contributed by atoms with van der Waals surface area (Å²) >= 11 is 1.07. The fraction of sp³-hybridized carbons (Fsp3) is 0.125. The lowest BCUT2D eigenvalue weighted by Gasteiger charge is -2.12. The highest BCUT2D eigenvalue weighted by molar-refractivity contribution is 7.09. The summed E-state index contributed by atoms with van der Waals surface area (Å²) in [6.45, 7) is 1.87. The van der Waals surface area contributed by atoms with Crippen molar-refractivity contribution in [3.63, 3.8) is 0 Å². The zero-order chi connectivity index (χ0) is 16.2. The molecular formula is C16H15N5OS. The van der Waals surface area contributed by atoms with E-state index in [9.17, 15) is 4.79 Å². The quantitative estimate of drug-likeness (QED) is 0.769. The van der Waals surface area contributed by atoms with E-state index in [2.05, 4.69) is 19.7 Å². The molecule has 7 heteroatoms. The van der Waals surface area contributed by atoms with Crippen molar-refractivity contribution in [2.45, 2.75) is 13.0 Å². The molecule has 0 bridgehead atoms. The van der Waals surface area contributed by atoms with Crippen molar-refractivity contribution >= 4 is 23.1 Å². The number of nitrogens with zero attached hydrogens (tertiary/aromatic N) is 3. The molecule has 0 fully saturated rings. The monoisotopic (exact) mass is 325 g/mol. The molecular weight excluding hydrogens is 310 g/mol. The van der Waals surface area contributed by atoms with Gasteiger partial charge in [-0.05, 0) is 42.7 Å². The molecule has 3 aromatic rings. The van der Waals surface area contributed by atoms with Crippen molar-refractivity contribution in [3.8, 4) is 11.4 Å². The van der Waals surface area contributed by atoms with Crippen molar-refractivity contribution in [2.24, 2.45) is 0 Å². The molecule has 0 spiro atoms. The van der Waals surface area contributed by atoms with Gasteiger partial charge in [0, 0.05) is 12.4 Å². The van der Waals surface area contributed by atoms with Crippen LogP contribution in [0.2, 0.25) is 0 Å². The second-order valence-electron chi connectivity index (χ2n) is 4.94. The van der Waals surface area contributed by atoms with E-state index in [0.29, 0.717) is 22.0 Å². The zero-order valence-corrected chi connectivity index (χ0v) is 13.2. The Morgan fingerprint density at radius 3 is 2.57 bits per heavy atom. The summed E-state index contributed by atoms with van der Waals surface area (Å²) in [4.78, 5) is 21.3. The number of anilines is 1. The highest BCUT2D eigenvalue weighted by Crippen LogP contribution is 2.29. The first kappa shape index (κ1) is 15.1. The van der Waals surface area contributed by atoms with Gasteiger partial charge in [0.2, 0.25) is 0 Å². The number of rotatable bonds is 4. The predicted molar refractivity (Wildman–Crippen MR) is 89.9 cm³/mol. The summed E-state index contributed by atoms with van der Waals surface area (Å²) in [5.41, 5.74) is 8.40. The minimum atomic E-state index is -0.264. The topological polar surface area (TPSA) is 93.8 Å². The van der Waals surface area contributed by atoms with Crippen molar-refractivity contribution in [2.75, 3.05) is 5.73 Å². The van der Waals surface area contributed by atoms with Crippen LogP contribution in [0.4, 0.5) is 5.69 Å². The van der Waals surface area contributed by atoms with E-state index in [1.807, 2.05) is 43.3 Å². The van der Waals surface area contributed by atoms with Crippen LogP contribution >= 0.6 is 11.5 Å². The minimum Gasteiger partial charge on any atom is -0.396 e. The highest BCUT2D eigenvalue weighted by Gasteiger charge is 2.21. The second kappa shape index (κ2) is 6.53. The SMILES string of the molecule is C[C@@H](NC(=O)c1snc(-c2ccccn2)c1N)c1ccccn1. The van der Waals surface area contributed by atoms with Crippen molar-refractivity contribution < 1.29 is 4.79 Å². The van der Waals surface area contributed by atoms with Gasteiger partial charge in [0.25, 0.3) is 5.91 Å². The summed E-state index contributed by atoms with van der Waals surface area (Å²) in [6, 6.07) is 10.8. The molecule has 1 amide bonds. The van der Waals surface area contributed by atoms with E-state index in [1.165, 1.54) is 0 Å². The number of nitrogens with one attached hydrogen (secondary N) is 1. The molecule has 0 radical (unpaired) electrons. The van der Waals surface area contributed by atoms with Crippen LogP contribution in [-0.2, 0) is 0 Å². The highest BCUT2D eigenvalue weighted by atomic mass is 32.1. The summed E-state index contributed by atoms with van der Waals surface area (Å²) < 4.78 is 4.26. The average molecular weight is 325 g/mol. The molecule has 0 unspecified atom stereocenters. The standard InChI is InChI=1S/C16H15N5OS/c1-10(11-6-2-4-8-18-11)20-16(22)15-13(17)14(21-23-15)12-7-3-5-9-19-12/h2-10H,17H2,1H3,(H,20,22)/t10-/m1/s1. The Labute approximate surface area is 137 Å². The van der Waals surface area contributed by atoms with Crippen LogP contribution in [0.3, 0.4) is 0 Å². The molecule has 6 nitrogen and oxygen atoms in total. The molecule has 3 rings (SSSR count). The van der Waals surface area contributed by atoms with Gasteiger partial charge in [-0.25, -0.2) is 0 Å². The molecule has 23 heavy (non-hydrogen) atoms. The maximum atomic E-state index is 12.4. The fourth-order valence-electron chi connectivity index (χ4n) is 2.12. The minimum absolute atomic E-state index is 0.219. The Morgan fingerprint density at radius 1 is 1.17 bits per heavy atom. The third-order valence-corrected chi connectivity index (χ3v) is 4.18. The number of carbonyl (C=O) groups excluding carboxylic acids is 1. The van der Waals surface area contributed by atoms with E-state index in [4.69, 9.17) is 5.73 Å². The Balaban J connectivity index is 1.80. The van der Waals surface area contributed by atoms with Gasteiger partial charge in [-0.3, -0.25) is 14.8 Å². The van der Waals surface area contributed by atoms with E-state index in [0.717, 1.165) is 17.2 Å². The van der Waals surface area contributed by atoms with Gasteiger partial charge in [-0.2, -0.15) is 4.37 Å². The number of nitrogen functional groups attached to an aromatic ring is 1. The smallest absolute Gasteiger partial charge is 0.265 e. The van der Waals surface area contributed by atoms with Crippen molar-refractivity contribution in [1.82, 2.24) is 19.7 Å². The van der Waals surface area contributed by atoms with Gasteiger partial charge in [0.15, 0.2) is 0 Å². The van der Waals surface area contributed by atoms with Gasteiger partial charge in [-0.15, -0.1) is 0 Å². The Kier molecular flexibility index (Phi) is 4.29. The van der Waals surface area contributed by atoms with Gasteiger partial charge in [0.05, 0.1) is 23.1 Å². The number of aromatic nitrogens is 3. The van der Waals surface area contributed by atoms with Crippen molar-refractivity contribution in [3.05, 3.63) is 59.4 Å². The van der Waals surface area contributed by atoms with E-state index in [-0.39, 0.29) is 11.9 Å². The first-order valence-electron chi connectivity index (χ1n) is 7.05. The van der Waals surface area contributed by atoms with Crippen LogP contribution in [0.1, 0.15) is 28.3 Å². The third-order valence-electron chi connectivity index (χ3n) is 3.32. The Morgan fingerprint density at radius 2 is 1.91 bits per heavy atom. The predicted octanol–water partition coefficient (Wildman–Crippen LogP) is 2.67. The molecule has 3 heterocycles. The first-order chi connectivity index (χ1) is 11.2. The average Bonchev–Trinajstić information content (AvgIpc) is 2.98. The van der Waals surface area contributed by atoms with E-state index >= 15 is 0 Å². The Bertz CT molecular complexity index is 804. The molecule has 0 aromatic carbocycles. The number of carbonyl (C=O) groups is 1. The van der Waals surface area contributed by atoms with Gasteiger partial charge in [-0.1, -0.05) is 12.1 Å². The summed E-state index contributed by atoms with van der Waals surface area (Å²) in [7, 11) is 0. The van der Waals surface area contributed by atoms with Gasteiger partial charge in [0.1, 0.15) is 10.6 Å². The third kappa shape index (κ3) is 3.19. The zero-order valence-electron chi connectivity index (χ0n) is 12.4. The second-order valence-corrected chi connectivity index (χ2v) is 5.71. The Hall–Kier alpha value is -2.80. The molecule has 0 aliphatic rings. The van der Waals surface area contributed by atoms with E-state index < -0.39 is 0 Å². The molecule has 0 aliphatic heterocycles. The number of nitrogens with two attached hydrogens (primary N) is 1. The molecule has 1 atom stereocenters. The van der Waals surface area contributed by atoms with Gasteiger partial charge >= 0.3 is 0 Å². The lowest BCUT2D eigenvalue weighted by molar-refractivity contribution is 0.0944. The van der Waals surface area contributed by atoms with Crippen LogP contribution in [0, 0.1) is 0 Å². The lowest BCUT2D eigenvalue weighted by Crippen LogP contribution is -2.27. The molecule has 3 N–H and O–H groups in total. The number of pyridine rings is 2. The number of hydrogen-bond acceptors (Lipinski definition) is 6. The molecule has 3 aromatic heterocycles. The lowest BCUT2D eigenvalue weighted by atomic mass is 10.2. The number of amides is 1. The fourth-order valence-corrected chi connectivity index (χ4v) is 2.83. The first-order valence-corrected chi connectivity index (χ1v) is 7.82.